The molecule has 0 amide bonds. The largest absolute Gasteiger partial charge is 0.432 e. The highest BCUT2D eigenvalue weighted by atomic mass is 79.9. The summed E-state index contributed by atoms with van der Waals surface area (Å²) < 4.78 is 18.7. The number of nitro groups is 1. The van der Waals surface area contributed by atoms with Gasteiger partial charge in [-0.15, -0.1) is 0 Å². The molecule has 9 heteroatoms. The van der Waals surface area contributed by atoms with Crippen molar-refractivity contribution < 1.29 is 14.1 Å². The Balaban J connectivity index is 2.45. The summed E-state index contributed by atoms with van der Waals surface area (Å²) in [7, 11) is 1.49. The molecule has 1 aromatic carbocycles. The van der Waals surface area contributed by atoms with E-state index in [0.717, 1.165) is 6.33 Å². The topological polar surface area (TPSA) is 90.2 Å². The van der Waals surface area contributed by atoms with Crippen LogP contribution in [0.3, 0.4) is 0 Å². The first-order valence-electron chi connectivity index (χ1n) is 5.33. The predicted octanol–water partition coefficient (Wildman–Crippen LogP) is 3.12. The molecule has 0 aliphatic rings. The molecule has 0 radical (unpaired) electrons. The fraction of sp³-hybridized carbons (Fsp3) is 0.0909. The SMILES string of the molecule is CNc1ncnc(Oc2ccc(F)cc2Br)c1[N+](=O)[O-]. The van der Waals surface area contributed by atoms with Crippen molar-refractivity contribution in [1.82, 2.24) is 9.97 Å². The first-order chi connectivity index (χ1) is 9.52. The van der Waals surface area contributed by atoms with E-state index in [1.165, 1.54) is 25.2 Å². The molecular formula is C11H8BrFN4O3. The molecule has 0 aliphatic heterocycles. The number of ether oxygens (including phenoxy) is 1. The van der Waals surface area contributed by atoms with Crippen LogP contribution >= 0.6 is 15.9 Å². The maximum absolute atomic E-state index is 13.0. The molecule has 0 spiro atoms. The molecule has 0 aliphatic carbocycles. The van der Waals surface area contributed by atoms with Crippen molar-refractivity contribution in [3.05, 3.63) is 44.9 Å². The zero-order chi connectivity index (χ0) is 14.7. The first-order valence-corrected chi connectivity index (χ1v) is 6.12. The molecule has 1 aromatic heterocycles. The van der Waals surface area contributed by atoms with Gasteiger partial charge in [-0.05, 0) is 34.1 Å². The van der Waals surface area contributed by atoms with Crippen molar-refractivity contribution >= 4 is 27.4 Å². The third-order valence-corrected chi connectivity index (χ3v) is 2.93. The van der Waals surface area contributed by atoms with E-state index in [1.807, 2.05) is 0 Å². The lowest BCUT2D eigenvalue weighted by Gasteiger charge is -2.08. The fourth-order valence-electron chi connectivity index (χ4n) is 1.45. The van der Waals surface area contributed by atoms with Crippen LogP contribution < -0.4 is 10.1 Å². The minimum Gasteiger partial charge on any atom is -0.432 e. The van der Waals surface area contributed by atoms with E-state index < -0.39 is 16.4 Å². The van der Waals surface area contributed by atoms with Crippen molar-refractivity contribution in [2.24, 2.45) is 0 Å². The average molecular weight is 343 g/mol. The van der Waals surface area contributed by atoms with Crippen LogP contribution in [0.2, 0.25) is 0 Å². The zero-order valence-electron chi connectivity index (χ0n) is 10.1. The number of hydrogen-bond acceptors (Lipinski definition) is 6. The Labute approximate surface area is 121 Å². The van der Waals surface area contributed by atoms with E-state index in [0.29, 0.717) is 4.47 Å². The summed E-state index contributed by atoms with van der Waals surface area (Å²) in [5.74, 6) is -0.465. The van der Waals surface area contributed by atoms with Gasteiger partial charge in [0.2, 0.25) is 5.82 Å². The molecule has 0 atom stereocenters. The highest BCUT2D eigenvalue weighted by molar-refractivity contribution is 9.10. The molecule has 104 valence electrons. The monoisotopic (exact) mass is 342 g/mol. The molecule has 2 aromatic rings. The number of aromatic nitrogens is 2. The molecule has 1 N–H and O–H groups in total. The van der Waals surface area contributed by atoms with Gasteiger partial charge in [-0.1, -0.05) is 0 Å². The van der Waals surface area contributed by atoms with Crippen molar-refractivity contribution in [2.45, 2.75) is 0 Å². The highest BCUT2D eigenvalue weighted by Gasteiger charge is 2.24. The maximum atomic E-state index is 13.0. The third-order valence-electron chi connectivity index (χ3n) is 2.31. The molecule has 1 heterocycles. The van der Waals surface area contributed by atoms with Gasteiger partial charge in [0, 0.05) is 7.05 Å². The zero-order valence-corrected chi connectivity index (χ0v) is 11.7. The van der Waals surface area contributed by atoms with Crippen molar-refractivity contribution in [3.63, 3.8) is 0 Å². The second-order valence-corrected chi connectivity index (χ2v) is 4.41. The lowest BCUT2D eigenvalue weighted by molar-refractivity contribution is -0.385. The molecule has 0 bridgehead atoms. The standard InChI is InChI=1S/C11H8BrFN4O3/c1-14-10-9(17(18)19)11(16-5-15-10)20-8-3-2-6(13)4-7(8)12/h2-5H,1H3,(H,14,15,16). The Bertz CT molecular complexity index is 668. The molecule has 2 rings (SSSR count). The van der Waals surface area contributed by atoms with Crippen LogP contribution in [0.5, 0.6) is 11.6 Å². The van der Waals surface area contributed by atoms with E-state index in [1.54, 1.807) is 0 Å². The number of hydrogen-bond donors (Lipinski definition) is 1. The van der Waals surface area contributed by atoms with E-state index in [-0.39, 0.29) is 17.4 Å². The van der Waals surface area contributed by atoms with Gasteiger partial charge < -0.3 is 10.1 Å². The van der Waals surface area contributed by atoms with Crippen LogP contribution in [-0.2, 0) is 0 Å². The van der Waals surface area contributed by atoms with Crippen molar-refractivity contribution in [2.75, 3.05) is 12.4 Å². The van der Waals surface area contributed by atoms with Crippen LogP contribution in [0.1, 0.15) is 0 Å². The van der Waals surface area contributed by atoms with Gasteiger partial charge in [0.15, 0.2) is 0 Å². The van der Waals surface area contributed by atoms with Crippen molar-refractivity contribution in [3.8, 4) is 11.6 Å². The van der Waals surface area contributed by atoms with E-state index >= 15 is 0 Å². The predicted molar refractivity (Wildman–Crippen MR) is 72.4 cm³/mol. The van der Waals surface area contributed by atoms with Gasteiger partial charge in [0.25, 0.3) is 0 Å². The smallest absolute Gasteiger partial charge is 0.373 e. The summed E-state index contributed by atoms with van der Waals surface area (Å²) in [5.41, 5.74) is -0.397. The molecule has 20 heavy (non-hydrogen) atoms. The van der Waals surface area contributed by atoms with Gasteiger partial charge in [-0.25, -0.2) is 9.37 Å². The van der Waals surface area contributed by atoms with Gasteiger partial charge in [0.1, 0.15) is 17.9 Å². The average Bonchev–Trinajstić information content (AvgIpc) is 2.41. The normalized spacial score (nSPS) is 10.2. The highest BCUT2D eigenvalue weighted by Crippen LogP contribution is 2.36. The van der Waals surface area contributed by atoms with Gasteiger partial charge in [0.05, 0.1) is 9.40 Å². The van der Waals surface area contributed by atoms with Gasteiger partial charge in [-0.3, -0.25) is 10.1 Å². The maximum Gasteiger partial charge on any atom is 0.373 e. The van der Waals surface area contributed by atoms with Crippen LogP contribution in [0.4, 0.5) is 15.9 Å². The summed E-state index contributed by atoms with van der Waals surface area (Å²) in [6, 6.07) is 3.69. The minimum absolute atomic E-state index is 0.0261. The van der Waals surface area contributed by atoms with E-state index in [4.69, 9.17) is 4.74 Å². The van der Waals surface area contributed by atoms with Crippen LogP contribution in [0.15, 0.2) is 29.0 Å². The Kier molecular flexibility index (Phi) is 4.08. The summed E-state index contributed by atoms with van der Waals surface area (Å²) in [6.45, 7) is 0. The number of rotatable bonds is 4. The molecule has 0 saturated carbocycles. The Morgan fingerprint density at radius 2 is 2.20 bits per heavy atom. The lowest BCUT2D eigenvalue weighted by atomic mass is 10.3. The van der Waals surface area contributed by atoms with Crippen LogP contribution in [0.25, 0.3) is 0 Å². The molecular weight excluding hydrogens is 335 g/mol. The Morgan fingerprint density at radius 3 is 2.80 bits per heavy atom. The molecule has 0 fully saturated rings. The lowest BCUT2D eigenvalue weighted by Crippen LogP contribution is -2.03. The number of nitrogens with zero attached hydrogens (tertiary/aromatic N) is 3. The van der Waals surface area contributed by atoms with Gasteiger partial charge in [-0.2, -0.15) is 4.98 Å². The third kappa shape index (κ3) is 2.82. The van der Waals surface area contributed by atoms with E-state index in [9.17, 15) is 14.5 Å². The minimum atomic E-state index is -0.654. The quantitative estimate of drug-likeness (QED) is 0.678. The Morgan fingerprint density at radius 1 is 1.45 bits per heavy atom. The summed E-state index contributed by atoms with van der Waals surface area (Å²) in [5, 5.41) is 13.6. The summed E-state index contributed by atoms with van der Waals surface area (Å²) in [6.07, 6.45) is 1.13. The molecule has 7 nitrogen and oxygen atoms in total. The molecule has 0 unspecified atom stereocenters. The van der Waals surface area contributed by atoms with E-state index in [2.05, 4.69) is 31.2 Å². The number of anilines is 1. The fourth-order valence-corrected chi connectivity index (χ4v) is 1.88. The second kappa shape index (κ2) is 5.78. The van der Waals surface area contributed by atoms with Crippen LogP contribution in [0, 0.1) is 15.9 Å². The van der Waals surface area contributed by atoms with Crippen LogP contribution in [-0.4, -0.2) is 21.9 Å². The second-order valence-electron chi connectivity index (χ2n) is 3.56. The van der Waals surface area contributed by atoms with Gasteiger partial charge >= 0.3 is 11.6 Å². The summed E-state index contributed by atoms with van der Waals surface area (Å²) in [4.78, 5) is 17.9. The molecule has 0 saturated heterocycles. The first kappa shape index (κ1) is 14.1. The number of halogens is 2. The summed E-state index contributed by atoms with van der Waals surface area (Å²) >= 11 is 3.11. The number of benzene rings is 1. The van der Waals surface area contributed by atoms with Crippen molar-refractivity contribution in [1.29, 1.82) is 0 Å². The Hall–Kier alpha value is -2.29. The number of nitrogens with one attached hydrogen (secondary N) is 1.